The number of esters is 2. The van der Waals surface area contributed by atoms with Gasteiger partial charge in [-0.2, -0.15) is 0 Å². The number of phosphoric ester groups is 1. The van der Waals surface area contributed by atoms with E-state index >= 15 is 0 Å². The summed E-state index contributed by atoms with van der Waals surface area (Å²) >= 11 is 0. The molecule has 0 heterocycles. The number of carbonyl (C=O) groups excluding carboxylic acids is 9. The van der Waals surface area contributed by atoms with E-state index in [4.69, 9.17) is 39.5 Å². The highest BCUT2D eigenvalue weighted by atomic mass is 31.2. The lowest BCUT2D eigenvalue weighted by molar-refractivity contribution is -0.141. The van der Waals surface area contributed by atoms with Crippen molar-refractivity contribution >= 4 is 72.0 Å². The molecule has 0 aromatic rings. The molecule has 0 amide bonds. The first-order valence-electron chi connectivity index (χ1n) is 18.5. The van der Waals surface area contributed by atoms with Crippen LogP contribution in [0.4, 0.5) is 0 Å². The smallest absolute Gasteiger partial charge is 0.469 e. The van der Waals surface area contributed by atoms with Gasteiger partial charge in [0, 0.05) is 31.2 Å². The fraction of sp³-hybridized carbons (Fsp3) is 0.750. The molecule has 63 heavy (non-hydrogen) atoms. The topological polar surface area (TPSA) is 391 Å². The number of aldehydes is 7. The summed E-state index contributed by atoms with van der Waals surface area (Å²) < 4.78 is 30.3. The zero-order valence-corrected chi connectivity index (χ0v) is 41.9. The average molecular weight is 965 g/mol. The maximum atomic E-state index is 10.4. The molecule has 0 aliphatic carbocycles. The molecule has 11 N–H and O–H groups in total. The average Bonchev–Trinajstić information content (AvgIpc) is 3.18. The van der Waals surface area contributed by atoms with E-state index in [1.165, 1.54) is 28.1 Å². The summed E-state index contributed by atoms with van der Waals surface area (Å²) in [5.74, 6) is 0.0789. The van der Waals surface area contributed by atoms with Gasteiger partial charge in [-0.25, -0.2) is 4.57 Å². The largest absolute Gasteiger partial charge is 0.692 e. The molecule has 0 saturated carbocycles. The van der Waals surface area contributed by atoms with Crippen molar-refractivity contribution in [2.24, 2.45) is 17.4 Å². The van der Waals surface area contributed by atoms with Gasteiger partial charge in [-0.15, -0.1) is 9.79 Å². The molecule has 0 unspecified atom stereocenters. The summed E-state index contributed by atoms with van der Waals surface area (Å²) in [6, 6.07) is 0.167. The Hall–Kier alpha value is -3.52. The fourth-order valence-electron chi connectivity index (χ4n) is 1.78. The predicted molar refractivity (Wildman–Crippen MR) is 243 cm³/mol. The third kappa shape index (κ3) is 247. The Kier molecular flexibility index (Phi) is 113. The highest BCUT2D eigenvalue weighted by molar-refractivity contribution is 7.46. The first-order chi connectivity index (χ1) is 29.1. The summed E-state index contributed by atoms with van der Waals surface area (Å²) in [4.78, 5) is 119. The lowest BCUT2D eigenvalue weighted by Crippen LogP contribution is -2.24. The fourth-order valence-corrected chi connectivity index (χ4v) is 1.78. The summed E-state index contributed by atoms with van der Waals surface area (Å²) in [5.41, 5.74) is 9.97. The highest BCUT2D eigenvalue weighted by Crippen LogP contribution is 2.33. The third-order valence-electron chi connectivity index (χ3n) is 4.20. The van der Waals surface area contributed by atoms with Crippen molar-refractivity contribution in [3.8, 4) is 0 Å². The van der Waals surface area contributed by atoms with E-state index in [0.717, 1.165) is 64.2 Å². The molecule has 1 atom stereocenters. The van der Waals surface area contributed by atoms with Gasteiger partial charge < -0.3 is 85.1 Å². The maximum absolute atomic E-state index is 10.4. The van der Waals surface area contributed by atoms with Gasteiger partial charge >= 0.3 is 28.0 Å². The molecule has 0 aromatic heterocycles. The van der Waals surface area contributed by atoms with Crippen LogP contribution in [0.1, 0.15) is 61.3 Å². The molecule has 27 heteroatoms. The zero-order chi connectivity index (χ0) is 52.7. The van der Waals surface area contributed by atoms with E-state index in [1.807, 2.05) is 60.8 Å². The van der Waals surface area contributed by atoms with Crippen molar-refractivity contribution in [1.82, 2.24) is 25.8 Å². The Bertz CT molecular complexity index is 1040. The molecule has 0 aliphatic rings. The van der Waals surface area contributed by atoms with Gasteiger partial charge in [-0.3, -0.25) is 19.0 Å². The quantitative estimate of drug-likeness (QED) is 0.0333. The van der Waals surface area contributed by atoms with Crippen LogP contribution < -0.4 is 27.4 Å². The van der Waals surface area contributed by atoms with Crippen molar-refractivity contribution in [2.45, 2.75) is 73.4 Å². The number of likely N-dealkylation sites (N-methyl/N-ethyl adjacent to an activating group) is 3. The van der Waals surface area contributed by atoms with Crippen LogP contribution in [-0.4, -0.2) is 200 Å². The van der Waals surface area contributed by atoms with E-state index in [9.17, 15) is 38.1 Å². The molecule has 0 radical (unpaired) electrons. The zero-order valence-electron chi connectivity index (χ0n) is 40.1. The van der Waals surface area contributed by atoms with Crippen molar-refractivity contribution in [3.63, 3.8) is 0 Å². The minimum absolute atomic E-state index is 0.139. The number of carbonyl (C=O) groups is 9. The Morgan fingerprint density at radius 2 is 1.19 bits per heavy atom. The first-order valence-corrected chi connectivity index (χ1v) is 21.2. The van der Waals surface area contributed by atoms with Gasteiger partial charge in [0.05, 0.1) is 53.0 Å². The monoisotopic (exact) mass is 965 g/mol. The second kappa shape index (κ2) is 82.2. The second-order valence-corrected chi connectivity index (χ2v) is 13.6. The van der Waals surface area contributed by atoms with Crippen LogP contribution in [0.2, 0.25) is 0 Å². The van der Waals surface area contributed by atoms with E-state index < -0.39 is 16.1 Å². The van der Waals surface area contributed by atoms with Crippen LogP contribution in [0.5, 0.6) is 0 Å². The maximum Gasteiger partial charge on any atom is 0.692 e. The Balaban J connectivity index is -0.0000000530. The van der Waals surface area contributed by atoms with Crippen LogP contribution >= 0.6 is 16.1 Å². The van der Waals surface area contributed by atoms with Crippen LogP contribution in [0.15, 0.2) is 0 Å². The predicted octanol–water partition coefficient (Wildman–Crippen LogP) is -1.32. The molecule has 0 fully saturated rings. The third-order valence-corrected chi connectivity index (χ3v) is 4.68. The van der Waals surface area contributed by atoms with Gasteiger partial charge in [-0.05, 0) is 67.5 Å². The van der Waals surface area contributed by atoms with Gasteiger partial charge in [0.2, 0.25) is 0 Å². The molecule has 0 spiro atoms. The Morgan fingerprint density at radius 1 is 0.810 bits per heavy atom. The van der Waals surface area contributed by atoms with Crippen molar-refractivity contribution < 1.29 is 85.9 Å². The number of ether oxygens (including phenoxy) is 2. The molecular weight excluding hydrogens is 880 g/mol. The summed E-state index contributed by atoms with van der Waals surface area (Å²) in [5, 5.41) is 8.49. The number of nitrogens with one attached hydrogen (secondary N) is 3. The van der Waals surface area contributed by atoms with Crippen LogP contribution in [0.3, 0.4) is 0 Å². The summed E-state index contributed by atoms with van der Waals surface area (Å²) in [7, 11) is 5.73. The number of hydrogen-bond donors (Lipinski definition) is 9. The van der Waals surface area contributed by atoms with Crippen LogP contribution in [0, 0.1) is 5.92 Å². The molecule has 0 aliphatic heterocycles. The minimum Gasteiger partial charge on any atom is -0.469 e. The second-order valence-electron chi connectivity index (χ2n) is 11.8. The molecule has 0 bridgehead atoms. The first kappa shape index (κ1) is 86.5. The number of nitrogens with two attached hydrogens (primary N) is 2. The number of phosphoric acid groups is 1. The Labute approximate surface area is 376 Å². The van der Waals surface area contributed by atoms with E-state index in [1.54, 1.807) is 11.9 Å². The summed E-state index contributed by atoms with van der Waals surface area (Å²) in [6.45, 7) is 16.4. The highest BCUT2D eigenvalue weighted by Gasteiger charge is 2.07. The Morgan fingerprint density at radius 3 is 1.29 bits per heavy atom. The van der Waals surface area contributed by atoms with Gasteiger partial charge in [-0.1, -0.05) is 34.6 Å². The number of hydrogen-bond acceptors (Lipinski definition) is 21. The van der Waals surface area contributed by atoms with E-state index in [0.29, 0.717) is 51.0 Å². The molecule has 25 nitrogen and oxygen atoms in total. The van der Waals surface area contributed by atoms with Gasteiger partial charge in [0.1, 0.15) is 44.0 Å². The molecule has 0 saturated heterocycles. The number of methoxy groups -OCH3 is 2. The summed E-state index contributed by atoms with van der Waals surface area (Å²) in [6.07, 6.45) is 7.51. The van der Waals surface area contributed by atoms with Crippen molar-refractivity contribution in [2.75, 3.05) is 102 Å². The van der Waals surface area contributed by atoms with Crippen LogP contribution in [-0.2, 0) is 66.3 Å². The minimum atomic E-state index is -4.15. The standard InChI is InChI=1S/C6H13NO.C5H11NO2.2C5H11NO.C4H9NO.C3H7NO.C3H6O2.C2H5NO.C2H4O.CH5O4P.HO3P/c1-5(2)3-6(7)4-8;1-6(2)4-5(7)8-3;1-5(2)6-3-4-7;1-2-3-6-4-5-7;1-5(2)3-4-6;1-4-2-3-5;1-3(4)5-2;3-1-2-4;1-2-3;1-5-6(2,3)4;1-4(2)3/h4-6H,3,7H2,1-2H3;4H2,1-3H3;4-6H,3H2,1-2H3;5-6H,2-4H2,1H3;4H,3H2,1-2H3;3-4H,2H2,1H3;1-2H3;2H,1,3H2;2H,1H3;1H3,(H2,2,3,4);(H-,1,2,3)/p+1/t6-;;;;;;;;;;/m0........../s1. The van der Waals surface area contributed by atoms with Crippen molar-refractivity contribution in [1.29, 1.82) is 0 Å². The molecule has 0 rings (SSSR count). The normalized spacial score (nSPS) is 9.16. The van der Waals surface area contributed by atoms with E-state index in [2.05, 4.69) is 42.6 Å². The number of nitrogens with zero attached hydrogens (tertiary/aromatic N) is 2. The number of rotatable bonds is 18. The van der Waals surface area contributed by atoms with E-state index in [-0.39, 0.29) is 24.5 Å². The SMILES string of the molecule is CC(C)C[C@H](N)C=O.CC(C)NCC=O.CC=O.CCCNCC=O.CN(C)CC=O.CNCC=O.COC(=O)CN(C)C.COC(C)=O.COP(=O)(O)O.NCC=O.O=[P+](O)O. The lowest BCUT2D eigenvalue weighted by Gasteiger charge is -2.05. The van der Waals surface area contributed by atoms with Gasteiger partial charge in [0.25, 0.3) is 0 Å². The molecular formula is C36H84N7O18P2+. The van der Waals surface area contributed by atoms with Gasteiger partial charge in [0.15, 0.2) is 0 Å². The molecule has 0 aromatic carbocycles. The van der Waals surface area contributed by atoms with Crippen LogP contribution in [0.25, 0.3) is 0 Å². The lowest BCUT2D eigenvalue weighted by atomic mass is 10.1. The van der Waals surface area contributed by atoms with Crippen molar-refractivity contribution in [3.05, 3.63) is 0 Å². The molecule has 380 valence electrons.